The van der Waals surface area contributed by atoms with E-state index in [9.17, 15) is 4.79 Å². The van der Waals surface area contributed by atoms with E-state index in [0.29, 0.717) is 29.7 Å². The number of amides is 1. The van der Waals surface area contributed by atoms with Crippen molar-refractivity contribution < 1.29 is 14.3 Å². The van der Waals surface area contributed by atoms with Crippen LogP contribution in [-0.2, 0) is 0 Å². The molecule has 0 fully saturated rings. The number of aromatic nitrogens is 2. The van der Waals surface area contributed by atoms with E-state index in [1.807, 2.05) is 24.3 Å². The van der Waals surface area contributed by atoms with Crippen molar-refractivity contribution in [3.63, 3.8) is 0 Å². The van der Waals surface area contributed by atoms with Crippen LogP contribution in [0, 0.1) is 0 Å². The van der Waals surface area contributed by atoms with E-state index in [4.69, 9.17) is 9.47 Å². The van der Waals surface area contributed by atoms with Gasteiger partial charge >= 0.3 is 0 Å². The zero-order valence-corrected chi connectivity index (χ0v) is 14.4. The zero-order chi connectivity index (χ0) is 16.8. The highest BCUT2D eigenvalue weighted by molar-refractivity contribution is 7.22. The molecular weight excluding hydrogens is 358 g/mol. The third kappa shape index (κ3) is 2.59. The van der Waals surface area contributed by atoms with Crippen molar-refractivity contribution in [3.05, 3.63) is 41.4 Å². The maximum Gasteiger partial charge on any atom is 0.257 e. The van der Waals surface area contributed by atoms with Crippen LogP contribution in [0.2, 0.25) is 0 Å². The van der Waals surface area contributed by atoms with Crippen LogP contribution in [0.5, 0.6) is 11.5 Å². The summed E-state index contributed by atoms with van der Waals surface area (Å²) in [7, 11) is 0. The lowest BCUT2D eigenvalue weighted by atomic mass is 10.2. The fourth-order valence-corrected chi connectivity index (χ4v) is 4.27. The quantitative estimate of drug-likeness (QED) is 0.580. The van der Waals surface area contributed by atoms with Gasteiger partial charge in [-0.15, -0.1) is 11.3 Å². The van der Waals surface area contributed by atoms with Crippen LogP contribution >= 0.6 is 22.7 Å². The van der Waals surface area contributed by atoms with E-state index in [2.05, 4.69) is 15.3 Å². The molecule has 4 aromatic rings. The molecule has 3 heterocycles. The number of carbonyl (C=O) groups excluding carboxylic acids is 1. The van der Waals surface area contributed by atoms with Crippen molar-refractivity contribution in [3.8, 4) is 11.5 Å². The van der Waals surface area contributed by atoms with Gasteiger partial charge in [0.25, 0.3) is 5.91 Å². The molecule has 0 atom stereocenters. The molecule has 25 heavy (non-hydrogen) atoms. The molecule has 0 radical (unpaired) electrons. The first-order valence-electron chi connectivity index (χ1n) is 7.61. The fourth-order valence-electron chi connectivity index (χ4n) is 2.68. The van der Waals surface area contributed by atoms with E-state index < -0.39 is 0 Å². The summed E-state index contributed by atoms with van der Waals surface area (Å²) in [5.41, 5.74) is 4.03. The number of nitrogens with one attached hydrogen (secondary N) is 1. The van der Waals surface area contributed by atoms with Crippen molar-refractivity contribution in [2.45, 2.75) is 0 Å². The van der Waals surface area contributed by atoms with Crippen molar-refractivity contribution >= 4 is 54.1 Å². The van der Waals surface area contributed by atoms with Gasteiger partial charge in [0, 0.05) is 17.7 Å². The first-order valence-corrected chi connectivity index (χ1v) is 9.31. The zero-order valence-electron chi connectivity index (χ0n) is 12.8. The minimum atomic E-state index is -0.188. The molecule has 6 nitrogen and oxygen atoms in total. The van der Waals surface area contributed by atoms with E-state index in [-0.39, 0.29) is 5.91 Å². The summed E-state index contributed by atoms with van der Waals surface area (Å²) in [6, 6.07) is 9.21. The molecule has 0 aliphatic carbocycles. The second-order valence-electron chi connectivity index (χ2n) is 5.47. The third-order valence-corrected chi connectivity index (χ3v) is 5.59. The molecule has 124 valence electrons. The number of thiazole rings is 2. The van der Waals surface area contributed by atoms with Crippen molar-refractivity contribution in [1.82, 2.24) is 9.97 Å². The summed E-state index contributed by atoms with van der Waals surface area (Å²) in [4.78, 5) is 21.2. The maximum absolute atomic E-state index is 12.5. The lowest BCUT2D eigenvalue weighted by Gasteiger charge is -2.17. The molecule has 0 saturated carbocycles. The van der Waals surface area contributed by atoms with Gasteiger partial charge in [-0.1, -0.05) is 11.3 Å². The largest absolute Gasteiger partial charge is 0.486 e. The van der Waals surface area contributed by atoms with Gasteiger partial charge in [-0.25, -0.2) is 9.97 Å². The highest BCUT2D eigenvalue weighted by Crippen LogP contribution is 2.37. The van der Waals surface area contributed by atoms with Gasteiger partial charge in [-0.2, -0.15) is 0 Å². The van der Waals surface area contributed by atoms with Gasteiger partial charge in [-0.3, -0.25) is 10.1 Å². The number of hydrogen-bond donors (Lipinski definition) is 1. The first-order chi connectivity index (χ1) is 12.3. The van der Waals surface area contributed by atoms with Gasteiger partial charge in [0.2, 0.25) is 0 Å². The number of ether oxygens (including phenoxy) is 2. The predicted octanol–water partition coefficient (Wildman–Crippen LogP) is 3.93. The number of fused-ring (bicyclic) bond motifs is 3. The number of carbonyl (C=O) groups is 1. The summed E-state index contributed by atoms with van der Waals surface area (Å²) in [5.74, 6) is 1.22. The monoisotopic (exact) mass is 369 g/mol. The Labute approximate surface area is 150 Å². The second kappa shape index (κ2) is 5.68. The molecule has 0 saturated heterocycles. The molecule has 5 rings (SSSR count). The molecule has 1 aliphatic rings. The molecule has 0 bridgehead atoms. The fraction of sp³-hybridized carbons (Fsp3) is 0.118. The van der Waals surface area contributed by atoms with E-state index in [1.165, 1.54) is 22.7 Å². The predicted molar refractivity (Wildman–Crippen MR) is 98.2 cm³/mol. The first kappa shape index (κ1) is 14.6. The highest BCUT2D eigenvalue weighted by Gasteiger charge is 2.16. The normalized spacial score (nSPS) is 13.3. The summed E-state index contributed by atoms with van der Waals surface area (Å²) in [6.45, 7) is 1.08. The maximum atomic E-state index is 12.5. The molecule has 1 amide bonds. The van der Waals surface area contributed by atoms with Crippen LogP contribution in [0.15, 0.2) is 35.8 Å². The number of rotatable bonds is 2. The third-order valence-electron chi connectivity index (χ3n) is 3.87. The minimum absolute atomic E-state index is 0.188. The van der Waals surface area contributed by atoms with Crippen LogP contribution in [-0.4, -0.2) is 29.1 Å². The lowest BCUT2D eigenvalue weighted by Crippen LogP contribution is -2.15. The molecule has 1 aliphatic heterocycles. The Morgan fingerprint density at radius 1 is 1.04 bits per heavy atom. The molecule has 1 N–H and O–H groups in total. The van der Waals surface area contributed by atoms with Crippen LogP contribution in [0.25, 0.3) is 20.4 Å². The number of hydrogen-bond acceptors (Lipinski definition) is 7. The van der Waals surface area contributed by atoms with Crippen molar-refractivity contribution in [2.24, 2.45) is 0 Å². The van der Waals surface area contributed by atoms with Gasteiger partial charge < -0.3 is 9.47 Å². The molecule has 2 aromatic carbocycles. The van der Waals surface area contributed by atoms with E-state index in [1.54, 1.807) is 11.6 Å². The van der Waals surface area contributed by atoms with Crippen LogP contribution in [0.4, 0.5) is 5.13 Å². The van der Waals surface area contributed by atoms with E-state index >= 15 is 0 Å². The Hall–Kier alpha value is -2.71. The topological polar surface area (TPSA) is 73.3 Å². The van der Waals surface area contributed by atoms with Crippen molar-refractivity contribution in [2.75, 3.05) is 18.5 Å². The van der Waals surface area contributed by atoms with Crippen LogP contribution in [0.1, 0.15) is 10.4 Å². The SMILES string of the molecule is O=C(Nc1nc2cc3c(cc2s1)OCCO3)c1ccc2ncsc2c1. The van der Waals surface area contributed by atoms with Gasteiger partial charge in [0.05, 0.1) is 25.9 Å². The van der Waals surface area contributed by atoms with E-state index in [0.717, 1.165) is 26.2 Å². The Bertz CT molecular complexity index is 1080. The lowest BCUT2D eigenvalue weighted by molar-refractivity contribution is 0.102. The van der Waals surface area contributed by atoms with Crippen molar-refractivity contribution in [1.29, 1.82) is 0 Å². The van der Waals surface area contributed by atoms with Gasteiger partial charge in [0.1, 0.15) is 13.2 Å². The summed E-state index contributed by atoms with van der Waals surface area (Å²) < 4.78 is 13.1. The number of nitrogens with zero attached hydrogens (tertiary/aromatic N) is 2. The molecular formula is C17H11N3O3S2. The highest BCUT2D eigenvalue weighted by atomic mass is 32.1. The summed E-state index contributed by atoms with van der Waals surface area (Å²) in [6.07, 6.45) is 0. The number of anilines is 1. The van der Waals surface area contributed by atoms with Gasteiger partial charge in [-0.05, 0) is 18.2 Å². The molecule has 0 unspecified atom stereocenters. The standard InChI is InChI=1S/C17H11N3O3S2/c21-16(9-1-2-10-14(5-9)24-8-18-10)20-17-19-11-6-12-13(7-15(11)25-17)23-4-3-22-12/h1-2,5-8H,3-4H2,(H,19,20,21). The average molecular weight is 369 g/mol. The Morgan fingerprint density at radius 3 is 2.76 bits per heavy atom. The minimum Gasteiger partial charge on any atom is -0.486 e. The summed E-state index contributed by atoms with van der Waals surface area (Å²) >= 11 is 2.92. The second-order valence-corrected chi connectivity index (χ2v) is 7.39. The Balaban J connectivity index is 1.45. The van der Waals surface area contributed by atoms with Crippen LogP contribution < -0.4 is 14.8 Å². The van der Waals surface area contributed by atoms with Crippen LogP contribution in [0.3, 0.4) is 0 Å². The van der Waals surface area contributed by atoms with Gasteiger partial charge in [0.15, 0.2) is 16.6 Å². The Morgan fingerprint density at radius 2 is 1.88 bits per heavy atom. The smallest absolute Gasteiger partial charge is 0.257 e. The molecule has 0 spiro atoms. The average Bonchev–Trinajstić information content (AvgIpc) is 3.24. The molecule has 2 aromatic heterocycles. The Kier molecular flexibility index (Phi) is 3.32. The molecule has 8 heteroatoms. The number of benzene rings is 2. The summed E-state index contributed by atoms with van der Waals surface area (Å²) in [5, 5.41) is 3.41.